The summed E-state index contributed by atoms with van der Waals surface area (Å²) in [5.74, 6) is 1.07. The van der Waals surface area contributed by atoms with Gasteiger partial charge in [-0.3, -0.25) is 9.59 Å². The first kappa shape index (κ1) is 19.8. The highest BCUT2D eigenvalue weighted by molar-refractivity contribution is 5.83. The van der Waals surface area contributed by atoms with Gasteiger partial charge in [0.25, 0.3) is 0 Å². The smallest absolute Gasteiger partial charge is 0.220 e. The molecule has 0 aliphatic carbocycles. The second-order valence-corrected chi connectivity index (χ2v) is 7.11. The molecule has 1 amide bonds. The molecule has 1 atom stereocenters. The molecule has 2 aromatic carbocycles. The van der Waals surface area contributed by atoms with E-state index in [1.165, 1.54) is 5.56 Å². The molecule has 0 saturated carbocycles. The van der Waals surface area contributed by atoms with Crippen LogP contribution in [-0.4, -0.2) is 27.8 Å². The number of imidazole rings is 1. The van der Waals surface area contributed by atoms with Crippen molar-refractivity contribution in [2.24, 2.45) is 0 Å². The Labute approximate surface area is 165 Å². The van der Waals surface area contributed by atoms with E-state index in [1.54, 1.807) is 6.92 Å². The van der Waals surface area contributed by atoms with Gasteiger partial charge < -0.3 is 9.88 Å². The highest BCUT2D eigenvalue weighted by Crippen LogP contribution is 2.22. The second kappa shape index (κ2) is 9.31. The molecule has 0 bridgehead atoms. The number of para-hydroxylation sites is 2. The van der Waals surface area contributed by atoms with Crippen LogP contribution in [0.1, 0.15) is 44.1 Å². The molecule has 28 heavy (non-hydrogen) atoms. The zero-order chi connectivity index (χ0) is 19.9. The van der Waals surface area contributed by atoms with Gasteiger partial charge in [-0.05, 0) is 44.4 Å². The normalized spacial score (nSPS) is 12.1. The summed E-state index contributed by atoms with van der Waals surface area (Å²) >= 11 is 0. The Morgan fingerprint density at radius 1 is 1.04 bits per heavy atom. The van der Waals surface area contributed by atoms with Crippen molar-refractivity contribution in [1.82, 2.24) is 14.9 Å². The van der Waals surface area contributed by atoms with Gasteiger partial charge in [-0.1, -0.05) is 42.5 Å². The van der Waals surface area contributed by atoms with E-state index in [9.17, 15) is 9.59 Å². The number of ketones is 1. The number of benzene rings is 2. The Balaban J connectivity index is 1.54. The zero-order valence-electron chi connectivity index (χ0n) is 16.5. The van der Waals surface area contributed by atoms with Crippen LogP contribution < -0.4 is 5.32 Å². The SMILES string of the molecule is CC(=O)C(C)n1c(CCCNC(=O)CCc2ccccc2)nc2ccccc21. The minimum absolute atomic E-state index is 0.0643. The molecule has 5 heteroatoms. The zero-order valence-corrected chi connectivity index (χ0v) is 16.5. The molecule has 1 aromatic heterocycles. The summed E-state index contributed by atoms with van der Waals surface area (Å²) in [6, 6.07) is 17.7. The number of amides is 1. The average Bonchev–Trinajstić information content (AvgIpc) is 3.08. The van der Waals surface area contributed by atoms with E-state index in [0.29, 0.717) is 19.4 Å². The fraction of sp³-hybridized carbons (Fsp3) is 0.348. The number of hydrogen-bond donors (Lipinski definition) is 1. The fourth-order valence-corrected chi connectivity index (χ4v) is 3.35. The van der Waals surface area contributed by atoms with Crippen molar-refractivity contribution < 1.29 is 9.59 Å². The number of hydrogen-bond acceptors (Lipinski definition) is 3. The number of rotatable bonds is 9. The number of aryl methyl sites for hydroxylation is 2. The van der Waals surface area contributed by atoms with E-state index < -0.39 is 0 Å². The Hall–Kier alpha value is -2.95. The first-order chi connectivity index (χ1) is 13.6. The van der Waals surface area contributed by atoms with Crippen LogP contribution in [0, 0.1) is 0 Å². The van der Waals surface area contributed by atoms with Crippen molar-refractivity contribution in [3.63, 3.8) is 0 Å². The van der Waals surface area contributed by atoms with Crippen LogP contribution in [-0.2, 0) is 22.4 Å². The molecule has 3 rings (SSSR count). The summed E-state index contributed by atoms with van der Waals surface area (Å²) in [6.07, 6.45) is 2.73. The standard InChI is InChI=1S/C23H27N3O2/c1-17(18(2)27)26-21-12-7-6-11-20(21)25-22(26)13-8-16-24-23(28)15-14-19-9-4-3-5-10-19/h3-7,9-12,17H,8,13-16H2,1-2H3,(H,24,28). The summed E-state index contributed by atoms with van der Waals surface area (Å²) in [7, 11) is 0. The first-order valence-electron chi connectivity index (χ1n) is 9.83. The summed E-state index contributed by atoms with van der Waals surface area (Å²) < 4.78 is 2.02. The first-order valence-corrected chi connectivity index (χ1v) is 9.83. The van der Waals surface area contributed by atoms with Crippen LogP contribution in [0.5, 0.6) is 0 Å². The van der Waals surface area contributed by atoms with Crippen LogP contribution in [0.25, 0.3) is 11.0 Å². The summed E-state index contributed by atoms with van der Waals surface area (Å²) in [4.78, 5) is 28.7. The molecular formula is C23H27N3O2. The third-order valence-corrected chi connectivity index (χ3v) is 5.03. The van der Waals surface area contributed by atoms with Gasteiger partial charge in [0, 0.05) is 19.4 Å². The van der Waals surface area contributed by atoms with Crippen molar-refractivity contribution in [3.8, 4) is 0 Å². The van der Waals surface area contributed by atoms with Crippen LogP contribution in [0.3, 0.4) is 0 Å². The molecule has 1 unspecified atom stereocenters. The molecule has 0 saturated heterocycles. The lowest BCUT2D eigenvalue weighted by Gasteiger charge is -2.15. The maximum absolute atomic E-state index is 12.1. The monoisotopic (exact) mass is 377 g/mol. The lowest BCUT2D eigenvalue weighted by Crippen LogP contribution is -2.25. The Kier molecular flexibility index (Phi) is 6.58. The van der Waals surface area contributed by atoms with Gasteiger partial charge in [0.05, 0.1) is 17.1 Å². The molecule has 5 nitrogen and oxygen atoms in total. The molecule has 0 fully saturated rings. The minimum atomic E-state index is -0.247. The van der Waals surface area contributed by atoms with Crippen molar-refractivity contribution in [2.45, 2.75) is 45.6 Å². The molecule has 1 N–H and O–H groups in total. The van der Waals surface area contributed by atoms with Gasteiger partial charge in [0.15, 0.2) is 5.78 Å². The number of aromatic nitrogens is 2. The third kappa shape index (κ3) is 4.85. The Morgan fingerprint density at radius 3 is 2.50 bits per heavy atom. The molecule has 0 radical (unpaired) electrons. The predicted octanol–water partition coefficient (Wildman–Crippen LogP) is 3.87. The number of fused-ring (bicyclic) bond motifs is 1. The van der Waals surface area contributed by atoms with E-state index in [4.69, 9.17) is 4.98 Å². The molecule has 0 aliphatic rings. The average molecular weight is 377 g/mol. The highest BCUT2D eigenvalue weighted by atomic mass is 16.1. The quantitative estimate of drug-likeness (QED) is 0.576. The molecule has 146 valence electrons. The second-order valence-electron chi connectivity index (χ2n) is 7.11. The largest absolute Gasteiger partial charge is 0.356 e. The van der Waals surface area contributed by atoms with Crippen LogP contribution in [0.15, 0.2) is 54.6 Å². The van der Waals surface area contributed by atoms with Gasteiger partial charge >= 0.3 is 0 Å². The van der Waals surface area contributed by atoms with Gasteiger partial charge in [0.1, 0.15) is 5.82 Å². The maximum Gasteiger partial charge on any atom is 0.220 e. The summed E-state index contributed by atoms with van der Waals surface area (Å²) in [5.41, 5.74) is 3.05. The number of nitrogens with one attached hydrogen (secondary N) is 1. The van der Waals surface area contributed by atoms with Crippen molar-refractivity contribution in [2.75, 3.05) is 6.54 Å². The Bertz CT molecular complexity index is 947. The van der Waals surface area contributed by atoms with Crippen LogP contribution in [0.2, 0.25) is 0 Å². The molecule has 0 spiro atoms. The van der Waals surface area contributed by atoms with Gasteiger partial charge in [-0.15, -0.1) is 0 Å². The van der Waals surface area contributed by atoms with Gasteiger partial charge in [-0.25, -0.2) is 4.98 Å². The summed E-state index contributed by atoms with van der Waals surface area (Å²) in [6.45, 7) is 4.12. The summed E-state index contributed by atoms with van der Waals surface area (Å²) in [5, 5.41) is 2.99. The number of carbonyl (C=O) groups excluding carboxylic acids is 2. The van der Waals surface area contributed by atoms with E-state index in [2.05, 4.69) is 5.32 Å². The molecule has 0 aliphatic heterocycles. The molecular weight excluding hydrogens is 350 g/mol. The van der Waals surface area contributed by atoms with Gasteiger partial charge in [-0.2, -0.15) is 0 Å². The van der Waals surface area contributed by atoms with E-state index in [-0.39, 0.29) is 17.7 Å². The number of nitrogens with zero attached hydrogens (tertiary/aromatic N) is 2. The third-order valence-electron chi connectivity index (χ3n) is 5.03. The van der Waals surface area contributed by atoms with Crippen molar-refractivity contribution in [1.29, 1.82) is 0 Å². The fourth-order valence-electron chi connectivity index (χ4n) is 3.35. The van der Waals surface area contributed by atoms with Crippen LogP contribution in [0.4, 0.5) is 0 Å². The van der Waals surface area contributed by atoms with Crippen LogP contribution >= 0.6 is 0 Å². The van der Waals surface area contributed by atoms with Crippen molar-refractivity contribution in [3.05, 3.63) is 66.0 Å². The molecule has 1 heterocycles. The maximum atomic E-state index is 12.1. The topological polar surface area (TPSA) is 64.0 Å². The van der Waals surface area contributed by atoms with E-state index in [1.807, 2.05) is 66.1 Å². The Morgan fingerprint density at radius 2 is 1.75 bits per heavy atom. The highest BCUT2D eigenvalue weighted by Gasteiger charge is 2.18. The predicted molar refractivity (Wildman–Crippen MR) is 111 cm³/mol. The number of Topliss-reactive ketones (excluding diaryl/α,β-unsaturated/α-hetero) is 1. The minimum Gasteiger partial charge on any atom is -0.356 e. The van der Waals surface area contributed by atoms with E-state index in [0.717, 1.165) is 29.7 Å². The lowest BCUT2D eigenvalue weighted by atomic mass is 10.1. The van der Waals surface area contributed by atoms with Crippen molar-refractivity contribution >= 4 is 22.7 Å². The lowest BCUT2D eigenvalue weighted by molar-refractivity contribution is -0.121. The van der Waals surface area contributed by atoms with Gasteiger partial charge in [0.2, 0.25) is 5.91 Å². The number of carbonyl (C=O) groups is 2. The molecule has 3 aromatic rings. The van der Waals surface area contributed by atoms with E-state index >= 15 is 0 Å².